The lowest BCUT2D eigenvalue weighted by Crippen LogP contribution is -2.30. The van der Waals surface area contributed by atoms with Crippen molar-refractivity contribution in [2.45, 2.75) is 19.9 Å². The lowest BCUT2D eigenvalue weighted by atomic mass is 10.0. The Morgan fingerprint density at radius 3 is 2.56 bits per heavy atom. The van der Waals surface area contributed by atoms with Crippen molar-refractivity contribution in [2.75, 3.05) is 0 Å². The van der Waals surface area contributed by atoms with Crippen molar-refractivity contribution in [1.82, 2.24) is 14.5 Å². The van der Waals surface area contributed by atoms with Crippen LogP contribution in [0.25, 0.3) is 0 Å². The van der Waals surface area contributed by atoms with E-state index in [0.29, 0.717) is 0 Å². The van der Waals surface area contributed by atoms with Crippen molar-refractivity contribution in [1.29, 1.82) is 0 Å². The largest absolute Gasteiger partial charge is 0.275 e. The first-order chi connectivity index (χ1) is 7.35. The van der Waals surface area contributed by atoms with Gasteiger partial charge in [-0.1, -0.05) is 20.4 Å². The molecular weight excluding hydrogens is 226 g/mol. The third-order valence-electron chi connectivity index (χ3n) is 2.26. The molecule has 0 bridgehead atoms. The summed E-state index contributed by atoms with van der Waals surface area (Å²) in [7, 11) is -1.63. The number of nitrogens with zero attached hydrogens (tertiary/aromatic N) is 2. The maximum Gasteiger partial charge on any atom is 0.233 e. The molecule has 6 heteroatoms. The Bertz CT molecular complexity index is 462. The van der Waals surface area contributed by atoms with Crippen LogP contribution in [0.3, 0.4) is 0 Å². The molecule has 1 rings (SSSR count). The molecule has 0 radical (unpaired) electrons. The molecule has 1 atom stereocenters. The second-order valence-corrected chi connectivity index (χ2v) is 5.66. The molecule has 5 nitrogen and oxygen atoms in total. The van der Waals surface area contributed by atoms with E-state index in [-0.39, 0.29) is 12.0 Å². The normalized spacial score (nSPS) is 14.0. The third kappa shape index (κ3) is 3.18. The number of rotatable bonds is 5. The summed E-state index contributed by atoms with van der Waals surface area (Å²) >= 11 is 0. The van der Waals surface area contributed by atoms with E-state index in [0.717, 1.165) is 11.0 Å². The minimum absolute atomic E-state index is 0.138. The predicted molar refractivity (Wildman–Crippen MR) is 63.0 cm³/mol. The summed E-state index contributed by atoms with van der Waals surface area (Å²) in [6.07, 6.45) is 3.46. The molecule has 1 aromatic rings. The van der Waals surface area contributed by atoms with Gasteiger partial charge < -0.3 is 0 Å². The Hall–Kier alpha value is -1.14. The molecule has 0 aliphatic carbocycles. The van der Waals surface area contributed by atoms with Gasteiger partial charge in [-0.25, -0.2) is 13.1 Å². The first kappa shape index (κ1) is 12.9. The van der Waals surface area contributed by atoms with Crippen LogP contribution in [0.1, 0.15) is 25.5 Å². The summed E-state index contributed by atoms with van der Waals surface area (Å²) in [5.74, 6) is 0.138. The van der Waals surface area contributed by atoms with Crippen LogP contribution in [0.5, 0.6) is 0 Å². The monoisotopic (exact) mass is 243 g/mol. The van der Waals surface area contributed by atoms with Gasteiger partial charge in [-0.05, 0) is 5.92 Å². The van der Waals surface area contributed by atoms with E-state index in [1.54, 1.807) is 24.1 Å². The van der Waals surface area contributed by atoms with E-state index in [9.17, 15) is 8.42 Å². The highest BCUT2D eigenvalue weighted by Crippen LogP contribution is 2.21. The van der Waals surface area contributed by atoms with Gasteiger partial charge in [0.2, 0.25) is 10.0 Å². The van der Waals surface area contributed by atoms with Gasteiger partial charge in [-0.3, -0.25) is 4.68 Å². The molecule has 1 N–H and O–H groups in total. The van der Waals surface area contributed by atoms with Gasteiger partial charge in [0.15, 0.2) is 0 Å². The Balaban J connectivity index is 2.97. The Morgan fingerprint density at radius 1 is 1.56 bits per heavy atom. The van der Waals surface area contributed by atoms with Gasteiger partial charge in [-0.15, -0.1) is 0 Å². The second-order valence-electron chi connectivity index (χ2n) is 4.00. The minimum Gasteiger partial charge on any atom is -0.275 e. The van der Waals surface area contributed by atoms with Crippen LogP contribution in [-0.4, -0.2) is 18.2 Å². The SMILES string of the molecule is C=CS(=O)(=O)NC(c1cnn(C)c1)C(C)C. The van der Waals surface area contributed by atoms with Crippen LogP contribution < -0.4 is 4.72 Å². The molecule has 0 aromatic carbocycles. The van der Waals surface area contributed by atoms with Gasteiger partial charge in [0.1, 0.15) is 0 Å². The van der Waals surface area contributed by atoms with E-state index in [2.05, 4.69) is 16.4 Å². The molecule has 0 aliphatic heterocycles. The Morgan fingerprint density at radius 2 is 2.19 bits per heavy atom. The zero-order chi connectivity index (χ0) is 12.3. The van der Waals surface area contributed by atoms with Crippen molar-refractivity contribution >= 4 is 10.0 Å². The molecule has 16 heavy (non-hydrogen) atoms. The summed E-state index contributed by atoms with van der Waals surface area (Å²) in [6.45, 7) is 7.17. The molecule has 0 fully saturated rings. The molecule has 1 aromatic heterocycles. The van der Waals surface area contributed by atoms with Gasteiger partial charge in [0, 0.05) is 24.2 Å². The number of sulfonamides is 1. The smallest absolute Gasteiger partial charge is 0.233 e. The van der Waals surface area contributed by atoms with Crippen LogP contribution in [0.15, 0.2) is 24.4 Å². The Labute approximate surface area is 96.2 Å². The predicted octanol–water partition coefficient (Wildman–Crippen LogP) is 1.18. The van der Waals surface area contributed by atoms with E-state index < -0.39 is 10.0 Å². The molecule has 1 heterocycles. The standard InChI is InChI=1S/C10H17N3O2S/c1-5-16(14,15)12-10(8(2)3)9-6-11-13(4)7-9/h5-8,10,12H,1H2,2-4H3. The topological polar surface area (TPSA) is 64.0 Å². The fraction of sp³-hybridized carbons (Fsp3) is 0.500. The van der Waals surface area contributed by atoms with Crippen molar-refractivity contribution in [3.63, 3.8) is 0 Å². The summed E-state index contributed by atoms with van der Waals surface area (Å²) in [6, 6.07) is -0.281. The first-order valence-electron chi connectivity index (χ1n) is 4.99. The summed E-state index contributed by atoms with van der Waals surface area (Å²) in [5.41, 5.74) is 0.850. The third-order valence-corrected chi connectivity index (χ3v) is 3.28. The summed E-state index contributed by atoms with van der Waals surface area (Å²) < 4.78 is 27.1. The molecule has 0 aliphatic rings. The van der Waals surface area contributed by atoms with Crippen LogP contribution in [0.2, 0.25) is 0 Å². The van der Waals surface area contributed by atoms with E-state index in [1.807, 2.05) is 13.8 Å². The van der Waals surface area contributed by atoms with Crippen molar-refractivity contribution in [3.05, 3.63) is 29.9 Å². The van der Waals surface area contributed by atoms with Gasteiger partial charge >= 0.3 is 0 Å². The summed E-state index contributed by atoms with van der Waals surface area (Å²) in [5, 5.41) is 4.95. The minimum atomic E-state index is -3.43. The molecule has 0 saturated heterocycles. The highest BCUT2D eigenvalue weighted by atomic mass is 32.2. The number of aryl methyl sites for hydroxylation is 1. The fourth-order valence-corrected chi connectivity index (χ4v) is 2.27. The second kappa shape index (κ2) is 4.80. The quantitative estimate of drug-likeness (QED) is 0.844. The van der Waals surface area contributed by atoms with Crippen molar-refractivity contribution < 1.29 is 8.42 Å². The maximum absolute atomic E-state index is 11.4. The highest BCUT2D eigenvalue weighted by molar-refractivity contribution is 7.92. The zero-order valence-electron chi connectivity index (χ0n) is 9.71. The van der Waals surface area contributed by atoms with Crippen LogP contribution in [0.4, 0.5) is 0 Å². The number of hydrogen-bond donors (Lipinski definition) is 1. The maximum atomic E-state index is 11.4. The fourth-order valence-electron chi connectivity index (χ4n) is 1.41. The molecule has 0 amide bonds. The first-order valence-corrected chi connectivity index (χ1v) is 6.53. The molecular formula is C10H17N3O2S. The molecule has 0 saturated carbocycles. The van der Waals surface area contributed by atoms with E-state index in [1.165, 1.54) is 0 Å². The number of hydrogen-bond acceptors (Lipinski definition) is 3. The highest BCUT2D eigenvalue weighted by Gasteiger charge is 2.21. The number of aromatic nitrogens is 2. The van der Waals surface area contributed by atoms with Crippen LogP contribution in [-0.2, 0) is 17.1 Å². The van der Waals surface area contributed by atoms with Gasteiger partial charge in [0.25, 0.3) is 0 Å². The molecule has 0 spiro atoms. The number of nitrogens with one attached hydrogen (secondary N) is 1. The zero-order valence-corrected chi connectivity index (χ0v) is 10.5. The van der Waals surface area contributed by atoms with Gasteiger partial charge in [-0.2, -0.15) is 5.10 Å². The van der Waals surface area contributed by atoms with E-state index >= 15 is 0 Å². The molecule has 90 valence electrons. The lowest BCUT2D eigenvalue weighted by Gasteiger charge is -2.19. The molecule has 1 unspecified atom stereocenters. The summed E-state index contributed by atoms with van der Waals surface area (Å²) in [4.78, 5) is 0. The van der Waals surface area contributed by atoms with Crippen molar-refractivity contribution in [3.8, 4) is 0 Å². The van der Waals surface area contributed by atoms with Crippen LogP contribution in [0, 0.1) is 5.92 Å². The lowest BCUT2D eigenvalue weighted by molar-refractivity contribution is 0.466. The Kier molecular flexibility index (Phi) is 3.88. The average Bonchev–Trinajstić information content (AvgIpc) is 2.61. The van der Waals surface area contributed by atoms with Crippen molar-refractivity contribution in [2.24, 2.45) is 13.0 Å². The average molecular weight is 243 g/mol. The van der Waals surface area contributed by atoms with E-state index in [4.69, 9.17) is 0 Å². The van der Waals surface area contributed by atoms with Gasteiger partial charge in [0.05, 0.1) is 12.2 Å². The van der Waals surface area contributed by atoms with Crippen LogP contribution >= 0.6 is 0 Å².